The first kappa shape index (κ1) is 17.4. The fourth-order valence-electron chi connectivity index (χ4n) is 1.84. The van der Waals surface area contributed by atoms with E-state index in [1.54, 1.807) is 0 Å². The van der Waals surface area contributed by atoms with Crippen molar-refractivity contribution in [1.82, 2.24) is 0 Å². The maximum absolute atomic E-state index is 13.2. The highest BCUT2D eigenvalue weighted by atomic mass is 79.9. The second-order valence-corrected chi connectivity index (χ2v) is 8.04. The molecule has 0 saturated carbocycles. The summed E-state index contributed by atoms with van der Waals surface area (Å²) < 4.78 is 27.5. The molecule has 0 spiro atoms. The molecular weight excluding hydrogens is 385 g/mol. The van der Waals surface area contributed by atoms with Gasteiger partial charge in [0, 0.05) is 32.8 Å². The van der Waals surface area contributed by atoms with E-state index in [4.69, 9.17) is 0 Å². The Balaban J connectivity index is 2.22. The highest BCUT2D eigenvalue weighted by molar-refractivity contribution is 9.10. The van der Waals surface area contributed by atoms with Crippen LogP contribution in [0, 0.1) is 5.82 Å². The number of Topliss-reactive ketones (excluding diaryl/α,β-unsaturated/α-hetero) is 2. The summed E-state index contributed by atoms with van der Waals surface area (Å²) in [6, 6.07) is 9.61. The summed E-state index contributed by atoms with van der Waals surface area (Å²) >= 11 is 2.98. The molecule has 2 aromatic carbocycles. The van der Waals surface area contributed by atoms with E-state index in [0.29, 0.717) is 5.69 Å². The summed E-state index contributed by atoms with van der Waals surface area (Å²) in [5.74, 6) is 1.51. The standard InChI is InChI=1S/C16H13BrFNO3S/c1-23(2,22)19-12-6-3-10(4-7-12)15(20)16(21)11-5-8-14(18)13(17)9-11/h3-9H,1H2,2H3,(H,19,22). The van der Waals surface area contributed by atoms with Crippen LogP contribution in [0.5, 0.6) is 0 Å². The summed E-state index contributed by atoms with van der Waals surface area (Å²) in [6.45, 7) is 0. The number of halogens is 2. The van der Waals surface area contributed by atoms with Crippen LogP contribution >= 0.6 is 15.9 Å². The van der Waals surface area contributed by atoms with Gasteiger partial charge in [0.25, 0.3) is 0 Å². The number of anilines is 1. The maximum Gasteiger partial charge on any atom is 0.233 e. The van der Waals surface area contributed by atoms with E-state index < -0.39 is 27.1 Å². The van der Waals surface area contributed by atoms with Crippen LogP contribution in [0.25, 0.3) is 0 Å². The van der Waals surface area contributed by atoms with Crippen LogP contribution in [0.3, 0.4) is 0 Å². The highest BCUT2D eigenvalue weighted by Crippen LogP contribution is 2.19. The Morgan fingerprint density at radius 2 is 1.61 bits per heavy atom. The molecule has 2 aromatic rings. The second kappa shape index (κ2) is 6.64. The molecule has 0 aromatic heterocycles. The van der Waals surface area contributed by atoms with Crippen molar-refractivity contribution < 1.29 is 18.2 Å². The lowest BCUT2D eigenvalue weighted by atomic mass is 10.0. The molecule has 0 aliphatic heterocycles. The number of hydrogen-bond acceptors (Lipinski definition) is 3. The van der Waals surface area contributed by atoms with E-state index in [0.717, 1.165) is 6.07 Å². The molecule has 2 rings (SSSR count). The van der Waals surface area contributed by atoms with Crippen molar-refractivity contribution >= 4 is 48.8 Å². The Morgan fingerprint density at radius 3 is 2.13 bits per heavy atom. The largest absolute Gasteiger partial charge is 0.313 e. The summed E-state index contributed by atoms with van der Waals surface area (Å²) in [4.78, 5) is 24.3. The quantitative estimate of drug-likeness (QED) is 0.478. The highest BCUT2D eigenvalue weighted by Gasteiger charge is 2.19. The zero-order chi connectivity index (χ0) is 17.2. The third-order valence-electron chi connectivity index (χ3n) is 2.87. The van der Waals surface area contributed by atoms with Crippen LogP contribution in [-0.2, 0) is 9.71 Å². The molecule has 1 atom stereocenters. The number of hydrogen-bond donors (Lipinski definition) is 1. The molecule has 0 saturated heterocycles. The third-order valence-corrected chi connectivity index (χ3v) is 4.14. The van der Waals surface area contributed by atoms with Crippen molar-refractivity contribution in [3.63, 3.8) is 0 Å². The number of carbonyl (C=O) groups excluding carboxylic acids is 2. The molecule has 0 amide bonds. The lowest BCUT2D eigenvalue weighted by molar-refractivity contribution is 0.0817. The molecule has 1 unspecified atom stereocenters. The van der Waals surface area contributed by atoms with Gasteiger partial charge in [-0.15, -0.1) is 0 Å². The summed E-state index contributed by atoms with van der Waals surface area (Å²) in [5.41, 5.74) is 0.813. The van der Waals surface area contributed by atoms with Crippen molar-refractivity contribution in [2.45, 2.75) is 0 Å². The monoisotopic (exact) mass is 397 g/mol. The van der Waals surface area contributed by atoms with Crippen LogP contribution in [0.2, 0.25) is 0 Å². The van der Waals surface area contributed by atoms with Gasteiger partial charge in [-0.25, -0.2) is 8.60 Å². The Bertz CT molecular complexity index is 877. The van der Waals surface area contributed by atoms with Gasteiger partial charge >= 0.3 is 0 Å². The Kier molecular flexibility index (Phi) is 5.01. The fourth-order valence-corrected chi connectivity index (χ4v) is 2.85. The van der Waals surface area contributed by atoms with Gasteiger partial charge in [-0.1, -0.05) is 0 Å². The topological polar surface area (TPSA) is 63.2 Å². The minimum Gasteiger partial charge on any atom is -0.313 e. The molecule has 0 fully saturated rings. The molecule has 0 bridgehead atoms. The van der Waals surface area contributed by atoms with Crippen LogP contribution in [0.15, 0.2) is 46.9 Å². The summed E-state index contributed by atoms with van der Waals surface area (Å²) in [7, 11) is -2.42. The van der Waals surface area contributed by atoms with Crippen LogP contribution in [0.1, 0.15) is 20.7 Å². The summed E-state index contributed by atoms with van der Waals surface area (Å²) in [6.07, 6.45) is 1.45. The average molecular weight is 398 g/mol. The van der Waals surface area contributed by atoms with E-state index in [1.165, 1.54) is 42.7 Å². The van der Waals surface area contributed by atoms with Crippen molar-refractivity contribution in [3.8, 4) is 0 Å². The van der Waals surface area contributed by atoms with Crippen molar-refractivity contribution in [2.75, 3.05) is 11.0 Å². The molecule has 4 nitrogen and oxygen atoms in total. The van der Waals surface area contributed by atoms with Gasteiger partial charge in [0.1, 0.15) is 5.82 Å². The molecule has 7 heteroatoms. The number of rotatable bonds is 5. The predicted molar refractivity (Wildman–Crippen MR) is 94.0 cm³/mol. The van der Waals surface area contributed by atoms with E-state index in [2.05, 4.69) is 26.5 Å². The number of nitrogens with one attached hydrogen (secondary N) is 1. The zero-order valence-corrected chi connectivity index (χ0v) is 14.5. The van der Waals surface area contributed by atoms with Crippen LogP contribution < -0.4 is 4.72 Å². The zero-order valence-electron chi connectivity index (χ0n) is 12.1. The summed E-state index contributed by atoms with van der Waals surface area (Å²) in [5, 5.41) is 0. The molecule has 0 heterocycles. The Hall–Kier alpha value is -1.99. The molecule has 1 N–H and O–H groups in total. The van der Waals surface area contributed by atoms with E-state index in [1.807, 2.05) is 0 Å². The van der Waals surface area contributed by atoms with Gasteiger partial charge in [0.05, 0.1) is 4.47 Å². The van der Waals surface area contributed by atoms with E-state index in [9.17, 15) is 18.2 Å². The van der Waals surface area contributed by atoms with Crippen molar-refractivity contribution in [3.05, 3.63) is 63.9 Å². The lowest BCUT2D eigenvalue weighted by Crippen LogP contribution is -2.15. The lowest BCUT2D eigenvalue weighted by Gasteiger charge is -2.08. The minimum absolute atomic E-state index is 0.0970. The molecular formula is C16H13BrFNO3S. The third kappa shape index (κ3) is 4.49. The fraction of sp³-hybridized carbons (Fsp3) is 0.0625. The SMILES string of the molecule is C=S(C)(=O)Nc1ccc(C(=O)C(=O)c2ccc(F)c(Br)c2)cc1. The average Bonchev–Trinajstić information content (AvgIpc) is 2.48. The second-order valence-electron chi connectivity index (χ2n) is 4.97. The van der Waals surface area contributed by atoms with Gasteiger partial charge in [0.2, 0.25) is 11.6 Å². The van der Waals surface area contributed by atoms with Gasteiger partial charge < -0.3 is 4.72 Å². The Labute approximate surface area is 142 Å². The Morgan fingerprint density at radius 1 is 1.09 bits per heavy atom. The number of carbonyl (C=O) groups is 2. The van der Waals surface area contributed by atoms with Crippen molar-refractivity contribution in [1.29, 1.82) is 0 Å². The first-order valence-electron chi connectivity index (χ1n) is 6.41. The molecule has 0 aliphatic carbocycles. The molecule has 0 aliphatic rings. The van der Waals surface area contributed by atoms with Gasteiger partial charge in [-0.05, 0) is 64.3 Å². The normalized spacial score (nSPS) is 13.2. The number of ketones is 2. The van der Waals surface area contributed by atoms with E-state index in [-0.39, 0.29) is 15.6 Å². The smallest absolute Gasteiger partial charge is 0.233 e. The first-order chi connectivity index (χ1) is 10.7. The maximum atomic E-state index is 13.2. The first-order valence-corrected chi connectivity index (χ1v) is 9.34. The van der Waals surface area contributed by atoms with Crippen LogP contribution in [-0.4, -0.2) is 27.9 Å². The van der Waals surface area contributed by atoms with E-state index >= 15 is 0 Å². The van der Waals surface area contributed by atoms with Crippen LogP contribution in [0.4, 0.5) is 10.1 Å². The molecule has 0 radical (unpaired) electrons. The molecule has 120 valence electrons. The minimum atomic E-state index is -2.42. The van der Waals surface area contributed by atoms with Gasteiger partial charge in [-0.3, -0.25) is 9.59 Å². The van der Waals surface area contributed by atoms with Gasteiger partial charge in [-0.2, -0.15) is 0 Å². The number of benzene rings is 2. The molecule has 23 heavy (non-hydrogen) atoms. The van der Waals surface area contributed by atoms with Gasteiger partial charge in [0.15, 0.2) is 0 Å². The predicted octanol–water partition coefficient (Wildman–Crippen LogP) is 3.33. The van der Waals surface area contributed by atoms with Crippen molar-refractivity contribution in [2.24, 2.45) is 0 Å².